The van der Waals surface area contributed by atoms with Crippen LogP contribution in [0.25, 0.3) is 11.5 Å². The van der Waals surface area contributed by atoms with Crippen LogP contribution in [0.5, 0.6) is 0 Å². The van der Waals surface area contributed by atoms with Gasteiger partial charge in [0.1, 0.15) is 6.26 Å². The molecule has 0 atom stereocenters. The van der Waals surface area contributed by atoms with Crippen LogP contribution in [0.1, 0.15) is 5.69 Å². The molecular formula is C7H6N2O2. The molecule has 0 saturated carbocycles. The molecular weight excluding hydrogens is 144 g/mol. The Hall–Kier alpha value is -1.58. The van der Waals surface area contributed by atoms with E-state index < -0.39 is 0 Å². The van der Waals surface area contributed by atoms with Crippen LogP contribution in [0.2, 0.25) is 0 Å². The van der Waals surface area contributed by atoms with Crippen LogP contribution in [0.15, 0.2) is 27.4 Å². The lowest BCUT2D eigenvalue weighted by atomic mass is 10.3. The molecule has 0 aliphatic heterocycles. The van der Waals surface area contributed by atoms with Gasteiger partial charge in [-0.1, -0.05) is 10.3 Å². The van der Waals surface area contributed by atoms with Crippen molar-refractivity contribution in [2.45, 2.75) is 6.92 Å². The standard InChI is InChI=1S/C7H6N2O2/c1-5-4-7(11-8-5)6-2-3-10-9-6/h2-4H,1H3. The topological polar surface area (TPSA) is 52.1 Å². The maximum Gasteiger partial charge on any atom is 0.188 e. The minimum atomic E-state index is 0.635. The van der Waals surface area contributed by atoms with E-state index in [0.717, 1.165) is 5.69 Å². The number of aromatic nitrogens is 2. The third kappa shape index (κ3) is 1.02. The largest absolute Gasteiger partial charge is 0.364 e. The Bertz CT molecular complexity index is 337. The van der Waals surface area contributed by atoms with E-state index >= 15 is 0 Å². The van der Waals surface area contributed by atoms with E-state index in [1.165, 1.54) is 6.26 Å². The van der Waals surface area contributed by atoms with Crippen molar-refractivity contribution in [3.8, 4) is 11.5 Å². The number of rotatable bonds is 1. The SMILES string of the molecule is Cc1cc(-c2ccon2)on1. The van der Waals surface area contributed by atoms with Gasteiger partial charge < -0.3 is 9.05 Å². The zero-order valence-electron chi connectivity index (χ0n) is 5.94. The highest BCUT2D eigenvalue weighted by Gasteiger charge is 2.05. The Labute approximate surface area is 62.8 Å². The van der Waals surface area contributed by atoms with Gasteiger partial charge in [0, 0.05) is 12.1 Å². The van der Waals surface area contributed by atoms with E-state index in [1.807, 2.05) is 6.92 Å². The smallest absolute Gasteiger partial charge is 0.188 e. The van der Waals surface area contributed by atoms with Gasteiger partial charge in [0.05, 0.1) is 5.69 Å². The third-order valence-corrected chi connectivity index (χ3v) is 1.32. The van der Waals surface area contributed by atoms with Gasteiger partial charge in [-0.25, -0.2) is 0 Å². The highest BCUT2D eigenvalue weighted by molar-refractivity contribution is 5.50. The summed E-state index contributed by atoms with van der Waals surface area (Å²) in [5.41, 5.74) is 1.51. The van der Waals surface area contributed by atoms with Crippen molar-refractivity contribution in [3.05, 3.63) is 24.1 Å². The normalized spacial score (nSPS) is 10.3. The van der Waals surface area contributed by atoms with Gasteiger partial charge in [0.15, 0.2) is 11.5 Å². The zero-order chi connectivity index (χ0) is 7.68. The van der Waals surface area contributed by atoms with Crippen LogP contribution >= 0.6 is 0 Å². The van der Waals surface area contributed by atoms with Gasteiger partial charge in [-0.15, -0.1) is 0 Å². The molecule has 0 saturated heterocycles. The lowest BCUT2D eigenvalue weighted by Gasteiger charge is -1.79. The molecule has 2 aromatic rings. The average molecular weight is 150 g/mol. The molecule has 0 bridgehead atoms. The molecule has 0 radical (unpaired) electrons. The molecule has 0 amide bonds. The minimum absolute atomic E-state index is 0.635. The summed E-state index contributed by atoms with van der Waals surface area (Å²) in [7, 11) is 0. The summed E-state index contributed by atoms with van der Waals surface area (Å²) in [5.74, 6) is 0.635. The predicted molar refractivity (Wildman–Crippen MR) is 36.7 cm³/mol. The Morgan fingerprint density at radius 1 is 1.36 bits per heavy atom. The van der Waals surface area contributed by atoms with Crippen molar-refractivity contribution in [2.24, 2.45) is 0 Å². The molecule has 2 heterocycles. The fourth-order valence-electron chi connectivity index (χ4n) is 0.824. The van der Waals surface area contributed by atoms with Crippen LogP contribution in [0, 0.1) is 6.92 Å². The van der Waals surface area contributed by atoms with E-state index in [0.29, 0.717) is 11.5 Å². The number of hydrogen-bond donors (Lipinski definition) is 0. The maximum atomic E-state index is 4.94. The summed E-state index contributed by atoms with van der Waals surface area (Å²) in [4.78, 5) is 0. The van der Waals surface area contributed by atoms with Crippen molar-refractivity contribution in [1.29, 1.82) is 0 Å². The molecule has 4 heteroatoms. The van der Waals surface area contributed by atoms with Gasteiger partial charge in [-0.2, -0.15) is 0 Å². The first-order valence-electron chi connectivity index (χ1n) is 3.20. The lowest BCUT2D eigenvalue weighted by Crippen LogP contribution is -1.68. The molecule has 2 aromatic heterocycles. The fraction of sp³-hybridized carbons (Fsp3) is 0.143. The van der Waals surface area contributed by atoms with Crippen LogP contribution < -0.4 is 0 Å². The van der Waals surface area contributed by atoms with Crippen LogP contribution in [0.4, 0.5) is 0 Å². The molecule has 0 N–H and O–H groups in total. The summed E-state index contributed by atoms with van der Waals surface area (Å²) in [5, 5.41) is 7.41. The van der Waals surface area contributed by atoms with Gasteiger partial charge in [-0.05, 0) is 6.92 Å². The Morgan fingerprint density at radius 3 is 2.82 bits per heavy atom. The Morgan fingerprint density at radius 2 is 2.27 bits per heavy atom. The molecule has 0 aromatic carbocycles. The second-order valence-corrected chi connectivity index (χ2v) is 2.22. The molecule has 11 heavy (non-hydrogen) atoms. The summed E-state index contributed by atoms with van der Waals surface area (Å²) in [6, 6.07) is 3.53. The maximum absolute atomic E-state index is 4.94. The monoisotopic (exact) mass is 150 g/mol. The van der Waals surface area contributed by atoms with Crippen LogP contribution in [-0.2, 0) is 0 Å². The summed E-state index contributed by atoms with van der Waals surface area (Å²) in [6.07, 6.45) is 1.49. The van der Waals surface area contributed by atoms with E-state index in [-0.39, 0.29) is 0 Å². The highest BCUT2D eigenvalue weighted by atomic mass is 16.5. The van der Waals surface area contributed by atoms with Crippen molar-refractivity contribution in [3.63, 3.8) is 0 Å². The van der Waals surface area contributed by atoms with Crippen molar-refractivity contribution in [1.82, 2.24) is 10.3 Å². The molecule has 2 rings (SSSR count). The number of hydrogen-bond acceptors (Lipinski definition) is 4. The first-order chi connectivity index (χ1) is 5.36. The van der Waals surface area contributed by atoms with E-state index in [2.05, 4.69) is 14.8 Å². The van der Waals surface area contributed by atoms with E-state index in [9.17, 15) is 0 Å². The summed E-state index contributed by atoms with van der Waals surface area (Å²) in [6.45, 7) is 1.85. The molecule has 0 fully saturated rings. The lowest BCUT2D eigenvalue weighted by molar-refractivity contribution is 0.404. The predicted octanol–water partition coefficient (Wildman–Crippen LogP) is 1.64. The molecule has 56 valence electrons. The third-order valence-electron chi connectivity index (χ3n) is 1.32. The quantitative estimate of drug-likeness (QED) is 0.620. The van der Waals surface area contributed by atoms with Gasteiger partial charge in [0.2, 0.25) is 0 Å². The molecule has 0 spiro atoms. The summed E-state index contributed by atoms with van der Waals surface area (Å²) < 4.78 is 9.58. The summed E-state index contributed by atoms with van der Waals surface area (Å²) >= 11 is 0. The molecule has 0 aliphatic rings. The van der Waals surface area contributed by atoms with Gasteiger partial charge in [0.25, 0.3) is 0 Å². The van der Waals surface area contributed by atoms with Gasteiger partial charge >= 0.3 is 0 Å². The minimum Gasteiger partial charge on any atom is -0.364 e. The number of aryl methyl sites for hydroxylation is 1. The highest BCUT2D eigenvalue weighted by Crippen LogP contribution is 2.16. The fourth-order valence-corrected chi connectivity index (χ4v) is 0.824. The first-order valence-corrected chi connectivity index (χ1v) is 3.20. The van der Waals surface area contributed by atoms with Crippen LogP contribution in [0.3, 0.4) is 0 Å². The zero-order valence-corrected chi connectivity index (χ0v) is 5.94. The van der Waals surface area contributed by atoms with E-state index in [4.69, 9.17) is 4.52 Å². The average Bonchev–Trinajstić information content (AvgIpc) is 2.55. The Balaban J connectivity index is 2.45. The van der Waals surface area contributed by atoms with Crippen LogP contribution in [-0.4, -0.2) is 10.3 Å². The molecule has 4 nitrogen and oxygen atoms in total. The number of nitrogens with zero attached hydrogens (tertiary/aromatic N) is 2. The van der Waals surface area contributed by atoms with E-state index in [1.54, 1.807) is 12.1 Å². The van der Waals surface area contributed by atoms with Crippen molar-refractivity contribution >= 4 is 0 Å². The molecule has 0 unspecified atom stereocenters. The van der Waals surface area contributed by atoms with Crippen molar-refractivity contribution in [2.75, 3.05) is 0 Å². The van der Waals surface area contributed by atoms with Crippen molar-refractivity contribution < 1.29 is 9.05 Å². The second-order valence-electron chi connectivity index (χ2n) is 2.22. The van der Waals surface area contributed by atoms with Gasteiger partial charge in [-0.3, -0.25) is 0 Å². The second kappa shape index (κ2) is 2.23. The molecule has 0 aliphatic carbocycles. The first kappa shape index (κ1) is 6.15. The Kier molecular flexibility index (Phi) is 1.25.